The van der Waals surface area contributed by atoms with E-state index in [-0.39, 0.29) is 23.2 Å². The third kappa shape index (κ3) is 60.3. The van der Waals surface area contributed by atoms with Crippen LogP contribution in [0.1, 0.15) is 91.8 Å². The predicted octanol–water partition coefficient (Wildman–Crippen LogP) is 11.5. The van der Waals surface area contributed by atoms with Crippen LogP contribution in [0, 0.1) is 0 Å². The van der Waals surface area contributed by atoms with Gasteiger partial charge in [0.15, 0.2) is 0 Å². The molecule has 0 bridgehead atoms. The maximum atomic E-state index is 8.14. The number of aliphatic hydroxyl groups is 1. The molecule has 3 aromatic carbocycles. The van der Waals surface area contributed by atoms with E-state index in [2.05, 4.69) is 172 Å². The summed E-state index contributed by atoms with van der Waals surface area (Å²) in [6, 6.07) is 25.3. The van der Waals surface area contributed by atoms with Gasteiger partial charge in [-0.3, -0.25) is 0 Å². The number of aryl methyl sites for hydroxylation is 1. The molecular weight excluding hydrogens is 1010 g/mol. The first-order chi connectivity index (χ1) is 25.9. The van der Waals surface area contributed by atoms with Gasteiger partial charge in [0.05, 0.1) is 0 Å². The zero-order valence-corrected chi connectivity index (χ0v) is 44.4. The average Bonchev–Trinajstić information content (AvgIpc) is 3.91. The second-order valence-electron chi connectivity index (χ2n) is 15.1. The van der Waals surface area contributed by atoms with Crippen LogP contribution in [0.2, 0.25) is 0 Å². The molecule has 0 aliphatic rings. The van der Waals surface area contributed by atoms with Gasteiger partial charge in [-0.1, -0.05) is 88.0 Å². The Hall–Kier alpha value is -0.569. The van der Waals surface area contributed by atoms with Crippen LogP contribution in [0.15, 0.2) is 82.8 Å². The number of rotatable bonds is 16. The topological polar surface area (TPSA) is 128 Å². The van der Waals surface area contributed by atoms with Gasteiger partial charge in [-0.05, 0) is 0 Å². The predicted molar refractivity (Wildman–Crippen MR) is 230 cm³/mol. The van der Waals surface area contributed by atoms with E-state index >= 15 is 0 Å². The van der Waals surface area contributed by atoms with Crippen LogP contribution in [0.5, 0.6) is 0 Å². The summed E-state index contributed by atoms with van der Waals surface area (Å²) >= 11 is 4.06. The molecule has 3 rings (SSSR count). The van der Waals surface area contributed by atoms with Gasteiger partial charge in [0.2, 0.25) is 0 Å². The van der Waals surface area contributed by atoms with Crippen LogP contribution in [-0.2, 0) is 81.9 Å². The number of likely N-dealkylation sites (N-methyl/N-ethyl adjacent to an activating group) is 2. The van der Waals surface area contributed by atoms with Gasteiger partial charge in [0.1, 0.15) is 0 Å². The monoisotopic (exact) mass is 1090 g/mol. The fourth-order valence-corrected chi connectivity index (χ4v) is 4.91. The number of nitrogens with zero attached hydrogens (tertiary/aromatic N) is 8. The van der Waals surface area contributed by atoms with Gasteiger partial charge in [-0.15, -0.1) is 36.3 Å². The van der Waals surface area contributed by atoms with E-state index in [1.54, 1.807) is 7.05 Å². The summed E-state index contributed by atoms with van der Waals surface area (Å²) in [7, 11) is 7.30. The quantitative estimate of drug-likeness (QED) is 0.0856. The molecule has 0 unspecified atom stereocenters. The minimum atomic E-state index is 0.109. The van der Waals surface area contributed by atoms with Crippen LogP contribution in [-0.4, -0.2) is 95.8 Å². The summed E-state index contributed by atoms with van der Waals surface area (Å²) < 4.78 is 11.3. The normalized spacial score (nSPS) is 10.3. The molecule has 9 nitrogen and oxygen atoms in total. The van der Waals surface area contributed by atoms with E-state index in [0.29, 0.717) is 0 Å². The standard InChI is InChI=1S/C11H17N.C9H13N.C8H11N.C8H18N.C3H7N2.C3H7NO.CH3N.2Nb.Ta/c1-11(2,3)12-9-8-10-6-4-5-7-10;1-10-8-4-7-9-5-2-3-6-9;1-9-7-6-8-4-2-3-5-8;1-7(2,3)9-8(4,5)6;1-5-3-2-4;4-2-1-3-5;1-2;;;/h4-7H,8-9H2,1-3H3;2-3,5-6H,4,7-8H2,1H3;2-5H,6-7H2,1H3;1-6H3;2-3H2,1H3;5H,1-3H2;1H3;;;/q3*-2;2*-1;;;;;. The molecule has 0 fully saturated rings. The molecule has 0 aromatic heterocycles. The Kier molecular flexibility index (Phi) is 47.8. The van der Waals surface area contributed by atoms with Gasteiger partial charge in [0.25, 0.3) is 0 Å². The molecule has 55 heavy (non-hydrogen) atoms. The summed E-state index contributed by atoms with van der Waals surface area (Å²) in [6.45, 7) is 24.9. The van der Waals surface area contributed by atoms with Crippen molar-refractivity contribution in [1.29, 1.82) is 0 Å². The molecule has 0 saturated heterocycles. The summed E-state index contributed by atoms with van der Waals surface area (Å²) in [5, 5.41) is 29.1. The van der Waals surface area contributed by atoms with Crippen LogP contribution < -0.4 is 0 Å². The van der Waals surface area contributed by atoms with E-state index in [0.717, 1.165) is 79.4 Å². The summed E-state index contributed by atoms with van der Waals surface area (Å²) in [5.41, 5.74) is 4.55. The van der Waals surface area contributed by atoms with Gasteiger partial charge in [0, 0.05) is 0 Å². The first-order valence-corrected chi connectivity index (χ1v) is 22.5. The van der Waals surface area contributed by atoms with Crippen molar-refractivity contribution in [2.45, 2.75) is 111 Å². The number of hydrogen-bond acceptors (Lipinski definition) is 4. The van der Waals surface area contributed by atoms with Gasteiger partial charge < -0.3 is 21.3 Å². The van der Waals surface area contributed by atoms with Crippen molar-refractivity contribution in [3.05, 3.63) is 116 Å². The molecule has 0 aliphatic carbocycles. The molecule has 0 heterocycles. The van der Waals surface area contributed by atoms with Crippen LogP contribution in [0.3, 0.4) is 0 Å². The zero-order valence-electron chi connectivity index (χ0n) is 36.8. The second kappa shape index (κ2) is 43.0. The molecule has 0 atom stereocenters. The molecular formula is C43H76N8Nb2OTa-8. The molecule has 0 amide bonds. The number of aliphatic hydroxyl groups excluding tert-OH is 1. The Bertz CT molecular complexity index is 1130. The van der Waals surface area contributed by atoms with Crippen molar-refractivity contribution in [2.75, 3.05) is 74.1 Å². The molecule has 0 radical (unpaired) electrons. The Balaban J connectivity index is -0.000000284. The van der Waals surface area contributed by atoms with E-state index in [1.165, 1.54) is 71.3 Å². The summed E-state index contributed by atoms with van der Waals surface area (Å²) in [4.78, 5) is 0. The zero-order chi connectivity index (χ0) is 42.9. The average molecular weight is 1090 g/mol. The van der Waals surface area contributed by atoms with E-state index in [1.807, 2.05) is 21.1 Å². The van der Waals surface area contributed by atoms with Crippen molar-refractivity contribution in [2.24, 2.45) is 10.0 Å². The van der Waals surface area contributed by atoms with Gasteiger partial charge in [-0.25, -0.2) is 36.4 Å². The molecule has 3 aromatic rings. The molecule has 12 heteroatoms. The molecule has 0 aliphatic heterocycles. The molecule has 317 valence electrons. The van der Waals surface area contributed by atoms with Gasteiger partial charge in [-0.2, -0.15) is 67.2 Å². The first kappa shape index (κ1) is 61.1. The van der Waals surface area contributed by atoms with Crippen molar-refractivity contribution in [3.63, 3.8) is 0 Å². The summed E-state index contributed by atoms with van der Waals surface area (Å²) in [6.07, 6.45) is 5.33. The Morgan fingerprint density at radius 1 is 0.618 bits per heavy atom. The third-order valence-electron chi connectivity index (χ3n) is 6.16. The van der Waals surface area contributed by atoms with Crippen molar-refractivity contribution in [1.82, 2.24) is 0 Å². The fourth-order valence-electron chi connectivity index (χ4n) is 4.24. The minimum absolute atomic E-state index is 0.109. The second-order valence-corrected chi connectivity index (χ2v) is 17.8. The SMILES string of the molecule is CC(C)(C)[N-]C(C)(C)C.CC(C)(C)[N-]CCc1ccc[cH-]1.C[N-]CCCc1ccc[cH-]1.C[N-]CC[N]=[Ta].C[N-]CCc1ccc[cH-]1.C[N]=[Nb].OCCC[N]=[Nb]. The van der Waals surface area contributed by atoms with E-state index in [9.17, 15) is 0 Å². The van der Waals surface area contributed by atoms with Crippen LogP contribution in [0.4, 0.5) is 0 Å². The maximum absolute atomic E-state index is 8.14. The van der Waals surface area contributed by atoms with E-state index < -0.39 is 0 Å². The molecule has 1 N–H and O–H groups in total. The molecule has 0 spiro atoms. The van der Waals surface area contributed by atoms with Crippen molar-refractivity contribution in [3.8, 4) is 0 Å². The number of hydrogen-bond donors (Lipinski definition) is 1. The summed E-state index contributed by atoms with van der Waals surface area (Å²) in [5.74, 6) is 0. The van der Waals surface area contributed by atoms with E-state index in [4.69, 9.17) is 5.11 Å². The first-order valence-electron chi connectivity index (χ1n) is 19.1. The Morgan fingerprint density at radius 3 is 1.29 bits per heavy atom. The Labute approximate surface area is 376 Å². The third-order valence-corrected chi connectivity index (χ3v) is 7.37. The Morgan fingerprint density at radius 2 is 1.04 bits per heavy atom. The molecule has 0 saturated carbocycles. The van der Waals surface area contributed by atoms with Crippen molar-refractivity contribution >= 4 is 0 Å². The van der Waals surface area contributed by atoms with Crippen molar-refractivity contribution < 1.29 is 67.8 Å². The van der Waals surface area contributed by atoms with Crippen LogP contribution in [0.25, 0.3) is 26.6 Å². The van der Waals surface area contributed by atoms with Crippen LogP contribution >= 0.6 is 0 Å². The fraction of sp³-hybridized carbons (Fsp3) is 0.651. The van der Waals surface area contributed by atoms with Gasteiger partial charge >= 0.3 is 130 Å².